The number of hydrogen-bond acceptors (Lipinski definition) is 4. The minimum absolute atomic E-state index is 0.0178. The van der Waals surface area contributed by atoms with Crippen LogP contribution in [-0.2, 0) is 0 Å². The van der Waals surface area contributed by atoms with Gasteiger partial charge in [-0.3, -0.25) is 4.79 Å². The van der Waals surface area contributed by atoms with Crippen LogP contribution in [0.15, 0.2) is 48.5 Å². The second-order valence-electron chi connectivity index (χ2n) is 4.97. The van der Waals surface area contributed by atoms with Crippen molar-refractivity contribution in [3.05, 3.63) is 59.7 Å². The number of carbonyl (C=O) groups is 1. The van der Waals surface area contributed by atoms with Crippen LogP contribution in [0.4, 0.5) is 0 Å². The summed E-state index contributed by atoms with van der Waals surface area (Å²) in [5.74, 6) is 1.15. The fourth-order valence-electron chi connectivity index (χ4n) is 2.23. The molecule has 0 spiro atoms. The summed E-state index contributed by atoms with van der Waals surface area (Å²) in [7, 11) is 0. The smallest absolute Gasteiger partial charge is 0.189 e. The Hall–Kier alpha value is -2.75. The van der Waals surface area contributed by atoms with E-state index in [-0.39, 0.29) is 17.1 Å². The van der Waals surface area contributed by atoms with E-state index in [1.54, 1.807) is 24.3 Å². The van der Waals surface area contributed by atoms with Crippen molar-refractivity contribution in [1.82, 2.24) is 0 Å². The van der Waals surface area contributed by atoms with Crippen LogP contribution in [0.2, 0.25) is 0 Å². The van der Waals surface area contributed by atoms with Gasteiger partial charge in [0.25, 0.3) is 0 Å². The molecule has 4 nitrogen and oxygen atoms in total. The minimum Gasteiger partial charge on any atom is -0.507 e. The second-order valence-corrected chi connectivity index (χ2v) is 4.97. The zero-order valence-corrected chi connectivity index (χ0v) is 12.0. The van der Waals surface area contributed by atoms with E-state index < -0.39 is 0 Å². The highest BCUT2D eigenvalue weighted by molar-refractivity contribution is 6.08. The number of rotatable bonds is 3. The van der Waals surface area contributed by atoms with Gasteiger partial charge in [-0.05, 0) is 35.9 Å². The van der Waals surface area contributed by atoms with Crippen molar-refractivity contribution in [2.45, 2.75) is 6.42 Å². The number of hydrogen-bond donors (Lipinski definition) is 1. The van der Waals surface area contributed by atoms with Gasteiger partial charge in [-0.25, -0.2) is 0 Å². The van der Waals surface area contributed by atoms with Gasteiger partial charge < -0.3 is 14.6 Å². The van der Waals surface area contributed by atoms with Crippen LogP contribution in [0.5, 0.6) is 17.2 Å². The molecule has 0 aliphatic carbocycles. The third-order valence-electron chi connectivity index (χ3n) is 3.37. The van der Waals surface area contributed by atoms with Crippen LogP contribution in [0.25, 0.3) is 6.08 Å². The Morgan fingerprint density at radius 1 is 1.05 bits per heavy atom. The maximum absolute atomic E-state index is 12.1. The summed E-state index contributed by atoms with van der Waals surface area (Å²) in [6.07, 6.45) is 3.99. The van der Waals surface area contributed by atoms with Crippen LogP contribution in [0.1, 0.15) is 22.3 Å². The van der Waals surface area contributed by atoms with Gasteiger partial charge in [0, 0.05) is 6.42 Å². The molecule has 112 valence electrons. The molecular formula is C18H16O4. The molecule has 1 N–H and O–H groups in total. The monoisotopic (exact) mass is 296 g/mol. The molecule has 0 radical (unpaired) electrons. The highest BCUT2D eigenvalue weighted by atomic mass is 16.5. The highest BCUT2D eigenvalue weighted by Gasteiger charge is 2.10. The molecular weight excluding hydrogens is 280 g/mol. The van der Waals surface area contributed by atoms with E-state index in [0.717, 1.165) is 17.7 Å². The Bertz CT molecular complexity index is 719. The van der Waals surface area contributed by atoms with Crippen molar-refractivity contribution in [1.29, 1.82) is 0 Å². The van der Waals surface area contributed by atoms with Crippen LogP contribution in [0, 0.1) is 0 Å². The van der Waals surface area contributed by atoms with Crippen molar-refractivity contribution in [3.63, 3.8) is 0 Å². The van der Waals surface area contributed by atoms with E-state index in [4.69, 9.17) is 9.47 Å². The molecule has 0 atom stereocenters. The summed E-state index contributed by atoms with van der Waals surface area (Å²) >= 11 is 0. The molecule has 1 heterocycles. The first-order valence-electron chi connectivity index (χ1n) is 7.14. The van der Waals surface area contributed by atoms with Gasteiger partial charge in [0.2, 0.25) is 0 Å². The van der Waals surface area contributed by atoms with Crippen LogP contribution in [0.3, 0.4) is 0 Å². The molecule has 2 aromatic rings. The summed E-state index contributed by atoms with van der Waals surface area (Å²) in [4.78, 5) is 12.1. The fourth-order valence-corrected chi connectivity index (χ4v) is 2.23. The normalized spacial score (nSPS) is 13.8. The van der Waals surface area contributed by atoms with Gasteiger partial charge in [0.15, 0.2) is 17.3 Å². The van der Waals surface area contributed by atoms with E-state index in [1.807, 2.05) is 18.2 Å². The number of para-hydroxylation sites is 1. The van der Waals surface area contributed by atoms with Gasteiger partial charge in [-0.15, -0.1) is 0 Å². The van der Waals surface area contributed by atoms with Crippen LogP contribution >= 0.6 is 0 Å². The summed E-state index contributed by atoms with van der Waals surface area (Å²) in [6.45, 7) is 1.27. The number of ketones is 1. The number of fused-ring (bicyclic) bond motifs is 1. The molecule has 4 heteroatoms. The maximum Gasteiger partial charge on any atom is 0.189 e. The fraction of sp³-hybridized carbons (Fsp3) is 0.167. The highest BCUT2D eigenvalue weighted by Crippen LogP contribution is 2.30. The third kappa shape index (κ3) is 3.11. The standard InChI is InChI=1S/C18H16O4/c19-15-5-2-1-4-14(15)16(20)8-6-13-7-9-17-18(12-13)22-11-3-10-21-17/h1-2,4-9,12,19H,3,10-11H2. The Labute approximate surface area is 128 Å². The molecule has 1 aliphatic heterocycles. The molecule has 0 saturated carbocycles. The van der Waals surface area contributed by atoms with E-state index in [0.29, 0.717) is 19.0 Å². The molecule has 1 aliphatic rings. The van der Waals surface area contributed by atoms with Crippen LogP contribution < -0.4 is 9.47 Å². The number of carbonyl (C=O) groups excluding carboxylic acids is 1. The summed E-state index contributed by atoms with van der Waals surface area (Å²) in [5, 5.41) is 9.68. The van der Waals surface area contributed by atoms with Gasteiger partial charge in [-0.2, -0.15) is 0 Å². The van der Waals surface area contributed by atoms with Crippen molar-refractivity contribution in [2.24, 2.45) is 0 Å². The van der Waals surface area contributed by atoms with Gasteiger partial charge >= 0.3 is 0 Å². The largest absolute Gasteiger partial charge is 0.507 e. The zero-order valence-electron chi connectivity index (χ0n) is 12.0. The van der Waals surface area contributed by atoms with Crippen molar-refractivity contribution in [3.8, 4) is 17.2 Å². The van der Waals surface area contributed by atoms with Crippen molar-refractivity contribution in [2.75, 3.05) is 13.2 Å². The molecule has 0 unspecified atom stereocenters. The van der Waals surface area contributed by atoms with E-state index in [1.165, 1.54) is 12.1 Å². The number of phenolic OH excluding ortho intramolecular Hbond substituents is 1. The quantitative estimate of drug-likeness (QED) is 0.696. The molecule has 0 amide bonds. The van der Waals surface area contributed by atoms with Crippen molar-refractivity contribution < 1.29 is 19.4 Å². The average Bonchev–Trinajstić information content (AvgIpc) is 2.78. The average molecular weight is 296 g/mol. The molecule has 0 aromatic heterocycles. The van der Waals surface area contributed by atoms with E-state index in [9.17, 15) is 9.90 Å². The molecule has 2 aromatic carbocycles. The number of benzene rings is 2. The Balaban J connectivity index is 1.79. The lowest BCUT2D eigenvalue weighted by molar-refractivity contribution is 0.104. The lowest BCUT2D eigenvalue weighted by Crippen LogP contribution is -1.97. The number of aromatic hydroxyl groups is 1. The molecule has 22 heavy (non-hydrogen) atoms. The molecule has 0 saturated heterocycles. The first kappa shape index (κ1) is 14.2. The van der Waals surface area contributed by atoms with Gasteiger partial charge in [0.1, 0.15) is 5.75 Å². The number of ether oxygens (including phenoxy) is 2. The first-order chi connectivity index (χ1) is 10.7. The van der Waals surface area contributed by atoms with Crippen molar-refractivity contribution >= 4 is 11.9 Å². The lowest BCUT2D eigenvalue weighted by Gasteiger charge is -2.07. The van der Waals surface area contributed by atoms with Crippen LogP contribution in [-0.4, -0.2) is 24.1 Å². The lowest BCUT2D eigenvalue weighted by atomic mass is 10.1. The maximum atomic E-state index is 12.1. The topological polar surface area (TPSA) is 55.8 Å². The van der Waals surface area contributed by atoms with Gasteiger partial charge in [0.05, 0.1) is 18.8 Å². The second kappa shape index (κ2) is 6.35. The Morgan fingerprint density at radius 2 is 1.82 bits per heavy atom. The predicted molar refractivity (Wildman–Crippen MR) is 83.5 cm³/mol. The minimum atomic E-state index is -0.245. The summed E-state index contributed by atoms with van der Waals surface area (Å²) in [5.41, 5.74) is 1.13. The summed E-state index contributed by atoms with van der Waals surface area (Å²) in [6, 6.07) is 12.0. The number of allylic oxidation sites excluding steroid dienone is 1. The Kier molecular flexibility index (Phi) is 4.10. The molecule has 0 fully saturated rings. The molecule has 0 bridgehead atoms. The zero-order chi connectivity index (χ0) is 15.4. The molecule has 3 rings (SSSR count). The predicted octanol–water partition coefficient (Wildman–Crippen LogP) is 3.45. The van der Waals surface area contributed by atoms with Gasteiger partial charge in [-0.1, -0.05) is 24.3 Å². The Morgan fingerprint density at radius 3 is 2.64 bits per heavy atom. The first-order valence-corrected chi connectivity index (χ1v) is 7.14. The third-order valence-corrected chi connectivity index (χ3v) is 3.37. The number of phenols is 1. The SMILES string of the molecule is O=C(C=Cc1ccc2c(c1)OCCCO2)c1ccccc1O. The van der Waals surface area contributed by atoms with E-state index >= 15 is 0 Å². The summed E-state index contributed by atoms with van der Waals surface area (Å²) < 4.78 is 11.2. The van der Waals surface area contributed by atoms with E-state index in [2.05, 4.69) is 0 Å².